The first kappa shape index (κ1) is 14.4. The zero-order valence-corrected chi connectivity index (χ0v) is 14.3. The van der Waals surface area contributed by atoms with Crippen molar-refractivity contribution in [2.75, 3.05) is 9.66 Å². The zero-order valence-electron chi connectivity index (χ0n) is 11.3. The molecule has 0 radical (unpaired) electrons. The molecule has 0 atom stereocenters. The molecule has 1 aliphatic heterocycles. The number of hydrogen-bond acceptors (Lipinski definition) is 2. The van der Waals surface area contributed by atoms with Gasteiger partial charge in [0.05, 0.1) is 22.9 Å². The minimum atomic E-state index is 0.162. The van der Waals surface area contributed by atoms with E-state index in [0.717, 1.165) is 18.1 Å². The summed E-state index contributed by atoms with van der Waals surface area (Å²) >= 11 is 8.79. The standard InChI is InChI=1S/C14H20ClIN2/c1-9(2)17-7-10-11(15)5-6-12-13(10)14(3,4)8-18(12)16/h5-6,9,17H,7-8H2,1-4H3. The Balaban J connectivity index is 2.46. The number of hydrogen-bond donors (Lipinski definition) is 1. The second-order valence-electron chi connectivity index (χ2n) is 5.86. The predicted octanol–water partition coefficient (Wildman–Crippen LogP) is 4.29. The van der Waals surface area contributed by atoms with Crippen LogP contribution in [0.3, 0.4) is 0 Å². The van der Waals surface area contributed by atoms with E-state index in [9.17, 15) is 0 Å². The molecule has 1 heterocycles. The van der Waals surface area contributed by atoms with E-state index in [1.165, 1.54) is 16.8 Å². The van der Waals surface area contributed by atoms with Crippen LogP contribution >= 0.6 is 34.5 Å². The maximum absolute atomic E-state index is 6.41. The highest BCUT2D eigenvalue weighted by Gasteiger charge is 2.36. The van der Waals surface area contributed by atoms with E-state index in [1.807, 2.05) is 6.07 Å². The van der Waals surface area contributed by atoms with Crippen molar-refractivity contribution < 1.29 is 0 Å². The third-order valence-electron chi connectivity index (χ3n) is 3.39. The minimum absolute atomic E-state index is 0.162. The van der Waals surface area contributed by atoms with Crippen molar-refractivity contribution in [2.24, 2.45) is 0 Å². The van der Waals surface area contributed by atoms with E-state index in [0.29, 0.717) is 6.04 Å². The lowest BCUT2D eigenvalue weighted by Gasteiger charge is -2.22. The molecule has 0 bridgehead atoms. The summed E-state index contributed by atoms with van der Waals surface area (Å²) in [5.74, 6) is 0. The highest BCUT2D eigenvalue weighted by Crippen LogP contribution is 2.46. The Morgan fingerprint density at radius 1 is 1.44 bits per heavy atom. The number of benzene rings is 1. The summed E-state index contributed by atoms with van der Waals surface area (Å²) in [6.07, 6.45) is 0. The lowest BCUT2D eigenvalue weighted by Crippen LogP contribution is -2.26. The van der Waals surface area contributed by atoms with Gasteiger partial charge in [-0.2, -0.15) is 0 Å². The topological polar surface area (TPSA) is 15.3 Å². The van der Waals surface area contributed by atoms with Gasteiger partial charge in [-0.25, -0.2) is 0 Å². The molecule has 0 aromatic heterocycles. The molecule has 2 nitrogen and oxygen atoms in total. The number of halogens is 2. The maximum atomic E-state index is 6.41. The molecule has 18 heavy (non-hydrogen) atoms. The molecule has 1 aromatic carbocycles. The first-order chi connectivity index (χ1) is 8.33. The Hall–Kier alpha value is 0. The van der Waals surface area contributed by atoms with Crippen LogP contribution in [-0.2, 0) is 12.0 Å². The van der Waals surface area contributed by atoms with Crippen LogP contribution in [0.4, 0.5) is 5.69 Å². The number of nitrogens with zero attached hydrogens (tertiary/aromatic N) is 1. The normalized spacial score (nSPS) is 17.4. The summed E-state index contributed by atoms with van der Waals surface area (Å²) in [6.45, 7) is 10.8. The zero-order chi connectivity index (χ0) is 13.5. The van der Waals surface area contributed by atoms with E-state index in [-0.39, 0.29) is 5.41 Å². The number of rotatable bonds is 3. The summed E-state index contributed by atoms with van der Waals surface area (Å²) in [6, 6.07) is 4.62. The molecule has 1 N–H and O–H groups in total. The van der Waals surface area contributed by atoms with Crippen molar-refractivity contribution in [1.82, 2.24) is 5.32 Å². The molecule has 100 valence electrons. The molecule has 0 fully saturated rings. The van der Waals surface area contributed by atoms with Crippen molar-refractivity contribution in [1.29, 1.82) is 0 Å². The van der Waals surface area contributed by atoms with Gasteiger partial charge >= 0.3 is 0 Å². The molecule has 1 aromatic rings. The van der Waals surface area contributed by atoms with Crippen molar-refractivity contribution in [3.8, 4) is 0 Å². The third-order valence-corrected chi connectivity index (χ3v) is 4.61. The first-order valence-electron chi connectivity index (χ1n) is 6.31. The summed E-state index contributed by atoms with van der Waals surface area (Å²) in [5.41, 5.74) is 4.13. The SMILES string of the molecule is CC(C)NCc1c(Cl)ccc2c1C(C)(C)CN2I. The fraction of sp³-hybridized carbons (Fsp3) is 0.571. The fourth-order valence-electron chi connectivity index (χ4n) is 2.56. The average Bonchev–Trinajstić information content (AvgIpc) is 2.47. The van der Waals surface area contributed by atoms with Gasteiger partial charge in [-0.1, -0.05) is 39.3 Å². The molecule has 4 heteroatoms. The smallest absolute Gasteiger partial charge is 0.0591 e. The van der Waals surface area contributed by atoms with Gasteiger partial charge < -0.3 is 8.43 Å². The van der Waals surface area contributed by atoms with Crippen molar-refractivity contribution in [2.45, 2.75) is 45.7 Å². The Kier molecular flexibility index (Phi) is 4.14. The van der Waals surface area contributed by atoms with Crippen LogP contribution < -0.4 is 8.43 Å². The maximum Gasteiger partial charge on any atom is 0.0591 e. The second kappa shape index (κ2) is 5.17. The van der Waals surface area contributed by atoms with E-state index < -0.39 is 0 Å². The molecule has 0 saturated heterocycles. The molecular weight excluding hydrogens is 359 g/mol. The summed E-state index contributed by atoms with van der Waals surface area (Å²) in [5, 5.41) is 4.36. The Labute approximate surface area is 129 Å². The van der Waals surface area contributed by atoms with Gasteiger partial charge in [-0.3, -0.25) is 0 Å². The highest BCUT2D eigenvalue weighted by atomic mass is 127. The minimum Gasteiger partial charge on any atom is -0.314 e. The summed E-state index contributed by atoms with van der Waals surface area (Å²) < 4.78 is 2.29. The molecule has 0 amide bonds. The van der Waals surface area contributed by atoms with E-state index in [4.69, 9.17) is 11.6 Å². The van der Waals surface area contributed by atoms with Gasteiger partial charge in [0.25, 0.3) is 0 Å². The number of anilines is 1. The lowest BCUT2D eigenvalue weighted by molar-refractivity contribution is 0.551. The van der Waals surface area contributed by atoms with Crippen LogP contribution in [0.1, 0.15) is 38.8 Å². The van der Waals surface area contributed by atoms with Gasteiger partial charge in [-0.15, -0.1) is 0 Å². The van der Waals surface area contributed by atoms with Gasteiger partial charge in [0.2, 0.25) is 0 Å². The number of nitrogens with one attached hydrogen (secondary N) is 1. The van der Waals surface area contributed by atoms with Crippen LogP contribution in [0.15, 0.2) is 12.1 Å². The van der Waals surface area contributed by atoms with E-state index >= 15 is 0 Å². The molecule has 1 aliphatic rings. The molecule has 0 spiro atoms. The first-order valence-corrected chi connectivity index (χ1v) is 7.66. The Morgan fingerprint density at radius 3 is 2.72 bits per heavy atom. The fourth-order valence-corrected chi connectivity index (χ4v) is 4.04. The summed E-state index contributed by atoms with van der Waals surface area (Å²) in [7, 11) is 0. The average molecular weight is 379 g/mol. The monoisotopic (exact) mass is 378 g/mol. The predicted molar refractivity (Wildman–Crippen MR) is 87.8 cm³/mol. The lowest BCUT2D eigenvalue weighted by atomic mass is 9.83. The van der Waals surface area contributed by atoms with Gasteiger partial charge in [-0.05, 0) is 23.3 Å². The Bertz CT molecular complexity index is 457. The molecule has 2 rings (SSSR count). The molecule has 0 unspecified atom stereocenters. The molecule has 0 aliphatic carbocycles. The van der Waals surface area contributed by atoms with Crippen molar-refractivity contribution >= 4 is 40.2 Å². The van der Waals surface area contributed by atoms with Crippen LogP contribution in [-0.4, -0.2) is 12.6 Å². The van der Waals surface area contributed by atoms with Crippen LogP contribution in [0, 0.1) is 0 Å². The second-order valence-corrected chi connectivity index (χ2v) is 7.43. The van der Waals surface area contributed by atoms with Gasteiger partial charge in [0.15, 0.2) is 0 Å². The number of fused-ring (bicyclic) bond motifs is 1. The van der Waals surface area contributed by atoms with Crippen LogP contribution in [0.2, 0.25) is 5.02 Å². The molecule has 0 saturated carbocycles. The van der Waals surface area contributed by atoms with E-state index in [2.05, 4.69) is 65.1 Å². The highest BCUT2D eigenvalue weighted by molar-refractivity contribution is 14.1. The summed E-state index contributed by atoms with van der Waals surface area (Å²) in [4.78, 5) is 0. The largest absolute Gasteiger partial charge is 0.314 e. The third kappa shape index (κ3) is 2.63. The molecular formula is C14H20ClIN2. The van der Waals surface area contributed by atoms with E-state index in [1.54, 1.807) is 0 Å². The van der Waals surface area contributed by atoms with Crippen LogP contribution in [0.5, 0.6) is 0 Å². The van der Waals surface area contributed by atoms with Crippen molar-refractivity contribution in [3.05, 3.63) is 28.3 Å². The van der Waals surface area contributed by atoms with Crippen LogP contribution in [0.25, 0.3) is 0 Å². The van der Waals surface area contributed by atoms with Gasteiger partial charge in [0, 0.05) is 35.3 Å². The Morgan fingerprint density at radius 2 is 2.11 bits per heavy atom. The van der Waals surface area contributed by atoms with Gasteiger partial charge in [0.1, 0.15) is 0 Å². The van der Waals surface area contributed by atoms with Crippen molar-refractivity contribution in [3.63, 3.8) is 0 Å². The quantitative estimate of drug-likeness (QED) is 0.623.